The minimum Gasteiger partial charge on any atom is -0.335 e. The lowest BCUT2D eigenvalue weighted by molar-refractivity contribution is -0.131. The Morgan fingerprint density at radius 1 is 1.23 bits per heavy atom. The van der Waals surface area contributed by atoms with Crippen LogP contribution >= 0.6 is 11.6 Å². The Labute approximate surface area is 134 Å². The van der Waals surface area contributed by atoms with E-state index in [4.69, 9.17) is 11.6 Å². The number of carbonyl (C=O) groups excluding carboxylic acids is 1. The van der Waals surface area contributed by atoms with Crippen LogP contribution < -0.4 is 0 Å². The van der Waals surface area contributed by atoms with Crippen LogP contribution in [0.1, 0.15) is 30.0 Å². The molecule has 0 spiro atoms. The zero-order chi connectivity index (χ0) is 15.5. The molecule has 0 N–H and O–H groups in total. The Kier molecular flexibility index (Phi) is 4.44. The van der Waals surface area contributed by atoms with Gasteiger partial charge in [0.1, 0.15) is 5.82 Å². The third kappa shape index (κ3) is 3.30. The van der Waals surface area contributed by atoms with Crippen LogP contribution in [0.3, 0.4) is 0 Å². The molecule has 0 aliphatic carbocycles. The Bertz CT molecular complexity index is 671. The molecule has 0 unspecified atom stereocenters. The lowest BCUT2D eigenvalue weighted by Gasteiger charge is -2.25. The second kappa shape index (κ2) is 6.49. The van der Waals surface area contributed by atoms with Gasteiger partial charge in [-0.25, -0.2) is 4.39 Å². The van der Waals surface area contributed by atoms with Crippen molar-refractivity contribution in [1.82, 2.24) is 4.90 Å². The molecule has 1 atom stereocenters. The summed E-state index contributed by atoms with van der Waals surface area (Å²) in [5.74, 6) is -0.260. The van der Waals surface area contributed by atoms with Gasteiger partial charge in [0.15, 0.2) is 0 Å². The van der Waals surface area contributed by atoms with Crippen molar-refractivity contribution in [2.75, 3.05) is 6.54 Å². The lowest BCUT2D eigenvalue weighted by atomic mass is 10.0. The molecule has 2 nitrogen and oxygen atoms in total. The number of likely N-dealkylation sites (tertiary alicyclic amines) is 1. The summed E-state index contributed by atoms with van der Waals surface area (Å²) in [6.45, 7) is 0.751. The van der Waals surface area contributed by atoms with Crippen LogP contribution in [0.2, 0.25) is 5.02 Å². The van der Waals surface area contributed by atoms with Crippen LogP contribution in [0.15, 0.2) is 48.5 Å². The number of nitrogens with zero attached hydrogens (tertiary/aromatic N) is 1. The van der Waals surface area contributed by atoms with Crippen molar-refractivity contribution in [2.24, 2.45) is 0 Å². The highest BCUT2D eigenvalue weighted by Gasteiger charge is 2.29. The molecule has 0 bridgehead atoms. The third-order valence-electron chi connectivity index (χ3n) is 4.07. The van der Waals surface area contributed by atoms with E-state index in [1.165, 1.54) is 12.1 Å². The van der Waals surface area contributed by atoms with Crippen molar-refractivity contribution in [2.45, 2.75) is 25.3 Å². The zero-order valence-electron chi connectivity index (χ0n) is 12.1. The first-order valence-corrected chi connectivity index (χ1v) is 7.80. The molecule has 114 valence electrons. The molecule has 1 aliphatic rings. The first-order chi connectivity index (χ1) is 10.6. The van der Waals surface area contributed by atoms with E-state index < -0.39 is 0 Å². The smallest absolute Gasteiger partial charge is 0.227 e. The Morgan fingerprint density at radius 3 is 2.73 bits per heavy atom. The number of rotatable bonds is 3. The van der Waals surface area contributed by atoms with Crippen molar-refractivity contribution in [3.63, 3.8) is 0 Å². The van der Waals surface area contributed by atoms with Crippen molar-refractivity contribution >= 4 is 17.5 Å². The average molecular weight is 318 g/mol. The summed E-state index contributed by atoms with van der Waals surface area (Å²) in [7, 11) is 0. The predicted octanol–water partition coefficient (Wildman–Crippen LogP) is 4.39. The maximum absolute atomic E-state index is 13.2. The SMILES string of the molecule is O=C(Cc1cccc(F)c1)N1CCC[C@@H]1c1ccc(Cl)cc1. The molecule has 1 aliphatic heterocycles. The first kappa shape index (κ1) is 15.0. The molecule has 1 heterocycles. The highest BCUT2D eigenvalue weighted by molar-refractivity contribution is 6.30. The van der Waals surface area contributed by atoms with Crippen LogP contribution in [0.5, 0.6) is 0 Å². The van der Waals surface area contributed by atoms with E-state index in [1.54, 1.807) is 12.1 Å². The van der Waals surface area contributed by atoms with E-state index in [2.05, 4.69) is 0 Å². The van der Waals surface area contributed by atoms with Crippen molar-refractivity contribution in [1.29, 1.82) is 0 Å². The molecule has 4 heteroatoms. The molecular formula is C18H17ClFNO. The van der Waals surface area contributed by atoms with Gasteiger partial charge in [0, 0.05) is 11.6 Å². The number of carbonyl (C=O) groups is 1. The molecule has 22 heavy (non-hydrogen) atoms. The fraction of sp³-hybridized carbons (Fsp3) is 0.278. The Hall–Kier alpha value is -1.87. The van der Waals surface area contributed by atoms with Crippen LogP contribution in [0.4, 0.5) is 4.39 Å². The molecule has 2 aromatic rings. The van der Waals surface area contributed by atoms with Gasteiger partial charge in [0.2, 0.25) is 5.91 Å². The fourth-order valence-electron chi connectivity index (χ4n) is 3.02. The molecule has 0 radical (unpaired) electrons. The highest BCUT2D eigenvalue weighted by atomic mass is 35.5. The van der Waals surface area contributed by atoms with Gasteiger partial charge >= 0.3 is 0 Å². The molecule has 1 amide bonds. The average Bonchev–Trinajstić information content (AvgIpc) is 2.97. The molecular weight excluding hydrogens is 301 g/mol. The minimum atomic E-state index is -0.305. The van der Waals surface area contributed by atoms with Crippen molar-refractivity contribution < 1.29 is 9.18 Å². The van der Waals surface area contributed by atoms with Crippen LogP contribution in [-0.4, -0.2) is 17.4 Å². The number of benzene rings is 2. The molecule has 3 rings (SSSR count). The van der Waals surface area contributed by atoms with Crippen molar-refractivity contribution in [3.8, 4) is 0 Å². The van der Waals surface area contributed by atoms with E-state index in [1.807, 2.05) is 29.2 Å². The summed E-state index contributed by atoms with van der Waals surface area (Å²) < 4.78 is 13.2. The summed E-state index contributed by atoms with van der Waals surface area (Å²) in [5.41, 5.74) is 1.82. The van der Waals surface area contributed by atoms with Crippen LogP contribution in [0.25, 0.3) is 0 Å². The van der Waals surface area contributed by atoms with Gasteiger partial charge in [-0.05, 0) is 48.2 Å². The molecule has 1 fully saturated rings. The summed E-state index contributed by atoms with van der Waals surface area (Å²) in [6, 6.07) is 14.0. The number of hydrogen-bond donors (Lipinski definition) is 0. The summed E-state index contributed by atoms with van der Waals surface area (Å²) in [5, 5.41) is 0.694. The predicted molar refractivity (Wildman–Crippen MR) is 85.2 cm³/mol. The topological polar surface area (TPSA) is 20.3 Å². The van der Waals surface area contributed by atoms with E-state index >= 15 is 0 Å². The van der Waals surface area contributed by atoms with E-state index in [0.717, 1.165) is 24.9 Å². The van der Waals surface area contributed by atoms with Crippen molar-refractivity contribution in [3.05, 3.63) is 70.5 Å². The molecule has 0 saturated carbocycles. The van der Waals surface area contributed by atoms with Crippen LogP contribution in [0, 0.1) is 5.82 Å². The van der Waals surface area contributed by atoms with E-state index in [0.29, 0.717) is 10.6 Å². The summed E-state index contributed by atoms with van der Waals surface area (Å²) in [4.78, 5) is 14.5. The number of halogens is 2. The Morgan fingerprint density at radius 2 is 2.00 bits per heavy atom. The number of amides is 1. The van der Waals surface area contributed by atoms with Gasteiger partial charge in [0.25, 0.3) is 0 Å². The maximum atomic E-state index is 13.2. The maximum Gasteiger partial charge on any atom is 0.227 e. The second-order valence-corrected chi connectivity index (χ2v) is 6.04. The van der Waals surface area contributed by atoms with Crippen LogP contribution in [-0.2, 0) is 11.2 Å². The quantitative estimate of drug-likeness (QED) is 0.822. The standard InChI is InChI=1S/C18H17ClFNO/c19-15-8-6-14(7-9-15)17-5-2-10-21(17)18(22)12-13-3-1-4-16(20)11-13/h1,3-4,6-9,11,17H,2,5,10,12H2/t17-/m1/s1. The van der Waals surface area contributed by atoms with Gasteiger partial charge in [-0.2, -0.15) is 0 Å². The lowest BCUT2D eigenvalue weighted by Crippen LogP contribution is -2.31. The fourth-order valence-corrected chi connectivity index (χ4v) is 3.15. The first-order valence-electron chi connectivity index (χ1n) is 7.43. The zero-order valence-corrected chi connectivity index (χ0v) is 12.9. The highest BCUT2D eigenvalue weighted by Crippen LogP contribution is 2.32. The molecule has 0 aromatic heterocycles. The largest absolute Gasteiger partial charge is 0.335 e. The number of hydrogen-bond acceptors (Lipinski definition) is 1. The van der Waals surface area contributed by atoms with Gasteiger partial charge in [-0.15, -0.1) is 0 Å². The monoisotopic (exact) mass is 317 g/mol. The minimum absolute atomic E-state index is 0.0445. The normalized spacial score (nSPS) is 17.7. The van der Waals surface area contributed by atoms with Gasteiger partial charge < -0.3 is 4.90 Å². The summed E-state index contributed by atoms with van der Waals surface area (Å²) in [6.07, 6.45) is 2.18. The second-order valence-electron chi connectivity index (χ2n) is 5.60. The molecule has 2 aromatic carbocycles. The van der Waals surface area contributed by atoms with E-state index in [9.17, 15) is 9.18 Å². The summed E-state index contributed by atoms with van der Waals surface area (Å²) >= 11 is 5.92. The third-order valence-corrected chi connectivity index (χ3v) is 4.32. The molecule has 1 saturated heterocycles. The van der Waals surface area contributed by atoms with E-state index in [-0.39, 0.29) is 24.2 Å². The Balaban J connectivity index is 1.75. The van der Waals surface area contributed by atoms with Gasteiger partial charge in [-0.1, -0.05) is 35.9 Å². The van der Waals surface area contributed by atoms with Gasteiger partial charge in [-0.3, -0.25) is 4.79 Å². The van der Waals surface area contributed by atoms with Gasteiger partial charge in [0.05, 0.1) is 12.5 Å².